The highest BCUT2D eigenvalue weighted by Crippen LogP contribution is 2.27. The Balaban J connectivity index is 1.91. The molecule has 0 spiro atoms. The van der Waals surface area contributed by atoms with Crippen LogP contribution in [0.25, 0.3) is 0 Å². The summed E-state index contributed by atoms with van der Waals surface area (Å²) >= 11 is 6.00. The maximum Gasteiger partial charge on any atom is 0.263 e. The van der Waals surface area contributed by atoms with Gasteiger partial charge in [-0.3, -0.25) is 9.59 Å². The van der Waals surface area contributed by atoms with Gasteiger partial charge in [-0.15, -0.1) is 0 Å². The van der Waals surface area contributed by atoms with Crippen molar-refractivity contribution < 1.29 is 9.53 Å². The van der Waals surface area contributed by atoms with Gasteiger partial charge in [0.05, 0.1) is 19.3 Å². The number of aromatic nitrogens is 1. The fourth-order valence-electron chi connectivity index (χ4n) is 2.96. The van der Waals surface area contributed by atoms with E-state index in [1.165, 1.54) is 17.7 Å². The van der Waals surface area contributed by atoms with Gasteiger partial charge in [0.2, 0.25) is 0 Å². The minimum absolute atomic E-state index is 0.0508. The molecule has 2 aromatic carbocycles. The van der Waals surface area contributed by atoms with Crippen LogP contribution in [0.4, 0.5) is 5.69 Å². The molecule has 0 radical (unpaired) electrons. The predicted octanol–water partition coefficient (Wildman–Crippen LogP) is 4.43. The van der Waals surface area contributed by atoms with Crippen LogP contribution >= 0.6 is 11.6 Å². The molecule has 1 aromatic heterocycles. The van der Waals surface area contributed by atoms with Crippen LogP contribution in [-0.2, 0) is 6.54 Å². The van der Waals surface area contributed by atoms with Crippen molar-refractivity contribution in [3.63, 3.8) is 0 Å². The molecule has 3 rings (SSSR count). The summed E-state index contributed by atoms with van der Waals surface area (Å²) in [7, 11) is 1.50. The van der Waals surface area contributed by atoms with E-state index >= 15 is 0 Å². The zero-order valence-electron chi connectivity index (χ0n) is 16.0. The molecule has 0 fully saturated rings. The maximum absolute atomic E-state index is 12.9. The van der Waals surface area contributed by atoms with Crippen LogP contribution in [0.3, 0.4) is 0 Å². The largest absolute Gasteiger partial charge is 0.495 e. The van der Waals surface area contributed by atoms with Gasteiger partial charge in [-0.2, -0.15) is 0 Å². The van der Waals surface area contributed by atoms with Crippen LogP contribution in [0, 0.1) is 13.8 Å². The van der Waals surface area contributed by atoms with Gasteiger partial charge in [-0.25, -0.2) is 0 Å². The third-order valence-electron chi connectivity index (χ3n) is 4.52. The van der Waals surface area contributed by atoms with E-state index in [-0.39, 0.29) is 11.1 Å². The second-order valence-corrected chi connectivity index (χ2v) is 7.02. The SMILES string of the molecule is COc1ccc(Cl)cc1NC(=O)c1cccn(Cc2cc(C)ccc2C)c1=O. The Labute approximate surface area is 168 Å². The smallest absolute Gasteiger partial charge is 0.263 e. The number of halogens is 1. The first-order chi connectivity index (χ1) is 13.4. The quantitative estimate of drug-likeness (QED) is 0.694. The average Bonchev–Trinajstić information content (AvgIpc) is 2.66. The molecular formula is C22H21ClN2O3. The number of aryl methyl sites for hydroxylation is 2. The Morgan fingerprint density at radius 3 is 2.68 bits per heavy atom. The number of hydrogen-bond donors (Lipinski definition) is 1. The summed E-state index contributed by atoms with van der Waals surface area (Å²) < 4.78 is 6.77. The van der Waals surface area contributed by atoms with Gasteiger partial charge in [0.1, 0.15) is 11.3 Å². The topological polar surface area (TPSA) is 60.3 Å². The van der Waals surface area contributed by atoms with E-state index in [1.54, 1.807) is 30.5 Å². The van der Waals surface area contributed by atoms with Gasteiger partial charge in [-0.1, -0.05) is 35.4 Å². The number of pyridine rings is 1. The lowest BCUT2D eigenvalue weighted by Gasteiger charge is -2.13. The summed E-state index contributed by atoms with van der Waals surface area (Å²) in [5, 5.41) is 3.16. The third kappa shape index (κ3) is 4.26. The number of amides is 1. The van der Waals surface area contributed by atoms with Crippen LogP contribution in [0.2, 0.25) is 5.02 Å². The summed E-state index contributed by atoms with van der Waals surface area (Å²) in [4.78, 5) is 25.6. The number of hydrogen-bond acceptors (Lipinski definition) is 3. The van der Waals surface area contributed by atoms with E-state index in [0.717, 1.165) is 16.7 Å². The van der Waals surface area contributed by atoms with E-state index in [0.29, 0.717) is 23.0 Å². The Morgan fingerprint density at radius 1 is 1.14 bits per heavy atom. The van der Waals surface area contributed by atoms with Crippen molar-refractivity contribution in [2.45, 2.75) is 20.4 Å². The lowest BCUT2D eigenvalue weighted by atomic mass is 10.1. The highest BCUT2D eigenvalue weighted by molar-refractivity contribution is 6.31. The first-order valence-corrected chi connectivity index (χ1v) is 9.17. The molecule has 1 amide bonds. The molecule has 5 nitrogen and oxygen atoms in total. The molecule has 6 heteroatoms. The first-order valence-electron chi connectivity index (χ1n) is 8.79. The molecule has 0 saturated carbocycles. The van der Waals surface area contributed by atoms with Crippen molar-refractivity contribution in [3.8, 4) is 5.75 Å². The Hall–Kier alpha value is -3.05. The van der Waals surface area contributed by atoms with Crippen LogP contribution in [0.15, 0.2) is 59.5 Å². The fraction of sp³-hybridized carbons (Fsp3) is 0.182. The molecule has 0 bridgehead atoms. The highest BCUT2D eigenvalue weighted by atomic mass is 35.5. The lowest BCUT2D eigenvalue weighted by Crippen LogP contribution is -2.29. The number of anilines is 1. The normalized spacial score (nSPS) is 10.6. The average molecular weight is 397 g/mol. The molecule has 0 aliphatic carbocycles. The fourth-order valence-corrected chi connectivity index (χ4v) is 3.13. The van der Waals surface area contributed by atoms with Crippen LogP contribution < -0.4 is 15.6 Å². The molecule has 3 aromatic rings. The molecule has 144 valence electrons. The minimum atomic E-state index is -0.513. The first kappa shape index (κ1) is 19.7. The van der Waals surface area contributed by atoms with E-state index in [4.69, 9.17) is 16.3 Å². The molecule has 1 N–H and O–H groups in total. The number of methoxy groups -OCH3 is 1. The second-order valence-electron chi connectivity index (χ2n) is 6.58. The number of carbonyl (C=O) groups is 1. The van der Waals surface area contributed by atoms with E-state index in [1.807, 2.05) is 32.0 Å². The molecule has 1 heterocycles. The Kier molecular flexibility index (Phi) is 5.85. The number of ether oxygens (including phenoxy) is 1. The van der Waals surface area contributed by atoms with E-state index in [9.17, 15) is 9.59 Å². The summed E-state index contributed by atoms with van der Waals surface area (Å²) in [6, 6.07) is 14.2. The number of carbonyl (C=O) groups excluding carboxylic acids is 1. The maximum atomic E-state index is 12.9. The van der Waals surface area contributed by atoms with Gasteiger partial charge >= 0.3 is 0 Å². The number of benzene rings is 2. The van der Waals surface area contributed by atoms with Gasteiger partial charge in [0.25, 0.3) is 11.5 Å². The van der Waals surface area contributed by atoms with Crippen molar-refractivity contribution >= 4 is 23.2 Å². The van der Waals surface area contributed by atoms with Crippen LogP contribution in [0.5, 0.6) is 5.75 Å². The van der Waals surface area contributed by atoms with Gasteiger partial charge < -0.3 is 14.6 Å². The third-order valence-corrected chi connectivity index (χ3v) is 4.75. The molecular weight excluding hydrogens is 376 g/mol. The van der Waals surface area contributed by atoms with Crippen molar-refractivity contribution in [2.24, 2.45) is 0 Å². The molecule has 0 unspecified atom stereocenters. The molecule has 0 atom stereocenters. The van der Waals surface area contributed by atoms with E-state index < -0.39 is 5.91 Å². The van der Waals surface area contributed by atoms with E-state index in [2.05, 4.69) is 5.32 Å². The zero-order valence-corrected chi connectivity index (χ0v) is 16.7. The minimum Gasteiger partial charge on any atom is -0.495 e. The number of nitrogens with zero attached hydrogens (tertiary/aromatic N) is 1. The summed E-state index contributed by atoms with van der Waals surface area (Å²) in [6.07, 6.45) is 1.68. The highest BCUT2D eigenvalue weighted by Gasteiger charge is 2.15. The molecule has 0 aliphatic heterocycles. The van der Waals surface area contributed by atoms with Crippen LogP contribution in [0.1, 0.15) is 27.0 Å². The van der Waals surface area contributed by atoms with Crippen LogP contribution in [-0.4, -0.2) is 17.6 Å². The van der Waals surface area contributed by atoms with Crippen molar-refractivity contribution in [1.82, 2.24) is 4.57 Å². The van der Waals surface area contributed by atoms with Gasteiger partial charge in [-0.05, 0) is 55.3 Å². The van der Waals surface area contributed by atoms with Crippen molar-refractivity contribution in [1.29, 1.82) is 0 Å². The summed E-state index contributed by atoms with van der Waals surface area (Å²) in [5.74, 6) is -0.0507. The van der Waals surface area contributed by atoms with Crippen molar-refractivity contribution in [3.05, 3.63) is 92.4 Å². The Bertz CT molecular complexity index is 1090. The van der Waals surface area contributed by atoms with Gasteiger partial charge in [0, 0.05) is 11.2 Å². The summed E-state index contributed by atoms with van der Waals surface area (Å²) in [5.41, 5.74) is 3.35. The molecule has 0 aliphatic rings. The summed E-state index contributed by atoms with van der Waals surface area (Å²) in [6.45, 7) is 4.41. The Morgan fingerprint density at radius 2 is 1.93 bits per heavy atom. The van der Waals surface area contributed by atoms with Crippen molar-refractivity contribution in [2.75, 3.05) is 12.4 Å². The predicted molar refractivity (Wildman–Crippen MR) is 112 cm³/mol. The number of rotatable bonds is 5. The molecule has 28 heavy (non-hydrogen) atoms. The van der Waals surface area contributed by atoms with Gasteiger partial charge in [0.15, 0.2) is 0 Å². The zero-order chi connectivity index (χ0) is 20.3. The molecule has 0 saturated heterocycles. The lowest BCUT2D eigenvalue weighted by molar-refractivity contribution is 0.102. The monoisotopic (exact) mass is 396 g/mol. The standard InChI is InChI=1S/C22H21ClN2O3/c1-14-6-7-15(2)16(11-14)13-25-10-4-5-18(22(25)27)21(26)24-19-12-17(23)8-9-20(19)28-3/h4-12H,13H2,1-3H3,(H,24,26). The number of nitrogens with one attached hydrogen (secondary N) is 1. The second kappa shape index (κ2) is 8.31.